The third-order valence-electron chi connectivity index (χ3n) is 4.01. The summed E-state index contributed by atoms with van der Waals surface area (Å²) in [5.74, 6) is 0.630. The molecule has 0 spiro atoms. The van der Waals surface area contributed by atoms with E-state index in [1.165, 1.54) is 12.8 Å². The fraction of sp³-hybridized carbons (Fsp3) is 0.923. The largest absolute Gasteiger partial charge is 0.328 e. The van der Waals surface area contributed by atoms with Gasteiger partial charge in [-0.2, -0.15) is 0 Å². The van der Waals surface area contributed by atoms with E-state index >= 15 is 0 Å². The molecule has 17 heavy (non-hydrogen) atoms. The average molecular weight is 239 g/mol. The topological polar surface area (TPSA) is 49.6 Å². The summed E-state index contributed by atoms with van der Waals surface area (Å²) in [4.78, 5) is 16.1. The lowest BCUT2D eigenvalue weighted by molar-refractivity contribution is 0.140. The standard InChI is InChI=1S/C13H25N3O/c1-15(10-11-8-12(14)9-11)13(17)16-6-4-2-3-5-7-16/h11-12H,2-10,14H2,1H3. The zero-order valence-corrected chi connectivity index (χ0v) is 10.9. The molecule has 1 heterocycles. The summed E-state index contributed by atoms with van der Waals surface area (Å²) in [7, 11) is 1.93. The minimum absolute atomic E-state index is 0.215. The molecular formula is C13H25N3O. The number of amides is 2. The first kappa shape index (κ1) is 12.7. The van der Waals surface area contributed by atoms with Gasteiger partial charge >= 0.3 is 6.03 Å². The number of nitrogens with zero attached hydrogens (tertiary/aromatic N) is 2. The summed E-state index contributed by atoms with van der Waals surface area (Å²) in [5.41, 5.74) is 5.77. The van der Waals surface area contributed by atoms with Gasteiger partial charge in [-0.25, -0.2) is 4.79 Å². The third kappa shape index (κ3) is 3.35. The van der Waals surface area contributed by atoms with Crippen LogP contribution in [0, 0.1) is 5.92 Å². The zero-order chi connectivity index (χ0) is 12.3. The van der Waals surface area contributed by atoms with Crippen LogP contribution in [-0.2, 0) is 0 Å². The van der Waals surface area contributed by atoms with Crippen molar-refractivity contribution in [2.24, 2.45) is 11.7 Å². The molecule has 2 aliphatic rings. The van der Waals surface area contributed by atoms with Gasteiger partial charge in [0.25, 0.3) is 0 Å². The molecule has 1 saturated carbocycles. The van der Waals surface area contributed by atoms with Gasteiger partial charge in [-0.1, -0.05) is 12.8 Å². The van der Waals surface area contributed by atoms with Crippen LogP contribution >= 0.6 is 0 Å². The van der Waals surface area contributed by atoms with Crippen LogP contribution in [0.25, 0.3) is 0 Å². The predicted octanol–water partition coefficient (Wildman–Crippen LogP) is 1.65. The Bertz CT molecular complexity index is 255. The molecule has 0 aromatic rings. The molecule has 2 fully saturated rings. The summed E-state index contributed by atoms with van der Waals surface area (Å²) in [6.07, 6.45) is 7.02. The van der Waals surface area contributed by atoms with Crippen molar-refractivity contribution < 1.29 is 4.79 Å². The molecule has 4 heteroatoms. The first-order valence-electron chi connectivity index (χ1n) is 6.92. The number of nitrogens with two attached hydrogens (primary N) is 1. The smallest absolute Gasteiger partial charge is 0.319 e. The first-order chi connectivity index (χ1) is 8.16. The van der Waals surface area contributed by atoms with Crippen molar-refractivity contribution in [3.05, 3.63) is 0 Å². The predicted molar refractivity (Wildman–Crippen MR) is 68.8 cm³/mol. The summed E-state index contributed by atoms with van der Waals surface area (Å²) in [6, 6.07) is 0.592. The zero-order valence-electron chi connectivity index (χ0n) is 10.9. The van der Waals surface area contributed by atoms with Gasteiger partial charge in [0, 0.05) is 32.7 Å². The molecular weight excluding hydrogens is 214 g/mol. The van der Waals surface area contributed by atoms with E-state index in [9.17, 15) is 4.79 Å². The van der Waals surface area contributed by atoms with Gasteiger partial charge in [-0.05, 0) is 31.6 Å². The molecule has 98 valence electrons. The van der Waals surface area contributed by atoms with E-state index < -0.39 is 0 Å². The Kier molecular flexibility index (Phi) is 4.26. The van der Waals surface area contributed by atoms with Crippen molar-refractivity contribution in [1.82, 2.24) is 9.80 Å². The van der Waals surface area contributed by atoms with Crippen LogP contribution in [0.5, 0.6) is 0 Å². The van der Waals surface area contributed by atoms with Crippen LogP contribution in [0.2, 0.25) is 0 Å². The Morgan fingerprint density at radius 1 is 1.24 bits per heavy atom. The summed E-state index contributed by atoms with van der Waals surface area (Å²) in [6.45, 7) is 2.75. The average Bonchev–Trinajstić information content (AvgIpc) is 2.54. The highest BCUT2D eigenvalue weighted by Gasteiger charge is 2.29. The second-order valence-corrected chi connectivity index (χ2v) is 5.66. The fourth-order valence-corrected chi connectivity index (χ4v) is 2.91. The summed E-state index contributed by atoms with van der Waals surface area (Å²) < 4.78 is 0. The summed E-state index contributed by atoms with van der Waals surface area (Å²) >= 11 is 0. The van der Waals surface area contributed by atoms with E-state index in [0.717, 1.165) is 45.3 Å². The molecule has 2 N–H and O–H groups in total. The monoisotopic (exact) mass is 239 g/mol. The van der Waals surface area contributed by atoms with Crippen molar-refractivity contribution >= 4 is 6.03 Å². The van der Waals surface area contributed by atoms with Gasteiger partial charge < -0.3 is 15.5 Å². The van der Waals surface area contributed by atoms with Gasteiger partial charge in [0.15, 0.2) is 0 Å². The highest BCUT2D eigenvalue weighted by molar-refractivity contribution is 5.74. The van der Waals surface area contributed by atoms with E-state index in [1.54, 1.807) is 0 Å². The number of likely N-dealkylation sites (tertiary alicyclic amines) is 1. The van der Waals surface area contributed by atoms with Crippen molar-refractivity contribution in [3.63, 3.8) is 0 Å². The molecule has 0 aromatic heterocycles. The number of hydrogen-bond donors (Lipinski definition) is 1. The van der Waals surface area contributed by atoms with Gasteiger partial charge in [-0.15, -0.1) is 0 Å². The molecule has 1 aliphatic heterocycles. The van der Waals surface area contributed by atoms with Crippen molar-refractivity contribution in [2.45, 2.75) is 44.6 Å². The molecule has 0 atom stereocenters. The Morgan fingerprint density at radius 2 is 1.82 bits per heavy atom. The quantitative estimate of drug-likeness (QED) is 0.796. The van der Waals surface area contributed by atoms with E-state index in [2.05, 4.69) is 0 Å². The Balaban J connectivity index is 1.77. The highest BCUT2D eigenvalue weighted by Crippen LogP contribution is 2.26. The normalized spacial score (nSPS) is 29.4. The first-order valence-corrected chi connectivity index (χ1v) is 6.92. The van der Waals surface area contributed by atoms with Crippen LogP contribution in [0.3, 0.4) is 0 Å². The second kappa shape index (κ2) is 5.71. The number of hydrogen-bond acceptors (Lipinski definition) is 2. The maximum Gasteiger partial charge on any atom is 0.319 e. The van der Waals surface area contributed by atoms with E-state index in [4.69, 9.17) is 5.73 Å². The Labute approximate surface area is 104 Å². The molecule has 0 unspecified atom stereocenters. The number of carbonyl (C=O) groups is 1. The van der Waals surface area contributed by atoms with Crippen LogP contribution in [-0.4, -0.2) is 48.6 Å². The minimum Gasteiger partial charge on any atom is -0.328 e. The lowest BCUT2D eigenvalue weighted by Gasteiger charge is -2.36. The van der Waals surface area contributed by atoms with Crippen molar-refractivity contribution in [2.75, 3.05) is 26.7 Å². The van der Waals surface area contributed by atoms with Gasteiger partial charge in [0.1, 0.15) is 0 Å². The van der Waals surface area contributed by atoms with E-state index in [0.29, 0.717) is 12.0 Å². The molecule has 2 amide bonds. The Hall–Kier alpha value is -0.770. The SMILES string of the molecule is CN(CC1CC(N)C1)C(=O)N1CCCCCC1. The van der Waals surface area contributed by atoms with E-state index in [-0.39, 0.29) is 6.03 Å². The molecule has 0 aromatic carbocycles. The second-order valence-electron chi connectivity index (χ2n) is 5.66. The lowest BCUT2D eigenvalue weighted by atomic mass is 9.81. The highest BCUT2D eigenvalue weighted by atomic mass is 16.2. The lowest BCUT2D eigenvalue weighted by Crippen LogP contribution is -2.47. The van der Waals surface area contributed by atoms with Crippen LogP contribution in [0.15, 0.2) is 0 Å². The molecule has 1 saturated heterocycles. The maximum atomic E-state index is 12.2. The maximum absolute atomic E-state index is 12.2. The molecule has 4 nitrogen and oxygen atoms in total. The fourth-order valence-electron chi connectivity index (χ4n) is 2.91. The van der Waals surface area contributed by atoms with Gasteiger partial charge in [0.2, 0.25) is 0 Å². The molecule has 1 aliphatic carbocycles. The summed E-state index contributed by atoms with van der Waals surface area (Å²) in [5, 5.41) is 0. The van der Waals surface area contributed by atoms with Crippen LogP contribution < -0.4 is 5.73 Å². The van der Waals surface area contributed by atoms with Crippen molar-refractivity contribution in [1.29, 1.82) is 0 Å². The number of rotatable bonds is 2. The van der Waals surface area contributed by atoms with Crippen molar-refractivity contribution in [3.8, 4) is 0 Å². The van der Waals surface area contributed by atoms with Crippen LogP contribution in [0.1, 0.15) is 38.5 Å². The van der Waals surface area contributed by atoms with Gasteiger partial charge in [0.05, 0.1) is 0 Å². The van der Waals surface area contributed by atoms with Gasteiger partial charge in [-0.3, -0.25) is 0 Å². The molecule has 0 bridgehead atoms. The third-order valence-corrected chi connectivity index (χ3v) is 4.01. The number of urea groups is 1. The Morgan fingerprint density at radius 3 is 2.35 bits per heavy atom. The van der Waals surface area contributed by atoms with Crippen LogP contribution in [0.4, 0.5) is 4.79 Å². The number of carbonyl (C=O) groups excluding carboxylic acids is 1. The molecule has 2 rings (SSSR count). The molecule has 0 radical (unpaired) electrons. The minimum atomic E-state index is 0.215. The van der Waals surface area contributed by atoms with E-state index in [1.807, 2.05) is 16.8 Å².